The number of β-lactam (4-membered cyclic amide) rings is 1. The van der Waals surface area contributed by atoms with Crippen molar-refractivity contribution in [3.05, 3.63) is 47.2 Å². The standard InChI is InChI=1S/C18H19N3O6S/c19-14(15(20)23)10-3-1-2-9(6-10)7-13(22)27-8-11-16(24)21-12(18(25)26)4-5-28-17(11)21/h1-4,6,11,14,17H,5,7-8,19H2,(H2,20,23)(H,25,26)/t11-,14?,17+/m1/s1. The number of esters is 1. The topological polar surface area (TPSA) is 153 Å². The normalized spacial score (nSPS) is 21.8. The van der Waals surface area contributed by atoms with Crippen molar-refractivity contribution < 1.29 is 29.0 Å². The molecule has 0 saturated carbocycles. The molecule has 9 nitrogen and oxygen atoms in total. The van der Waals surface area contributed by atoms with Crippen molar-refractivity contribution in [2.75, 3.05) is 12.4 Å². The Labute approximate surface area is 164 Å². The molecule has 10 heteroatoms. The fourth-order valence-electron chi connectivity index (χ4n) is 3.10. The van der Waals surface area contributed by atoms with E-state index in [-0.39, 0.29) is 30.0 Å². The van der Waals surface area contributed by atoms with Gasteiger partial charge in [0.25, 0.3) is 0 Å². The third-order valence-electron chi connectivity index (χ3n) is 4.56. The lowest BCUT2D eigenvalue weighted by Crippen LogP contribution is -2.62. The van der Waals surface area contributed by atoms with E-state index in [2.05, 4.69) is 0 Å². The van der Waals surface area contributed by atoms with Crippen molar-refractivity contribution >= 4 is 35.5 Å². The summed E-state index contributed by atoms with van der Waals surface area (Å²) in [5, 5.41) is 8.81. The van der Waals surface area contributed by atoms with E-state index in [1.54, 1.807) is 24.3 Å². The molecule has 2 amide bonds. The van der Waals surface area contributed by atoms with Crippen LogP contribution in [-0.4, -0.2) is 51.5 Å². The molecule has 3 rings (SSSR count). The maximum absolute atomic E-state index is 12.2. The van der Waals surface area contributed by atoms with E-state index >= 15 is 0 Å². The Balaban J connectivity index is 1.55. The van der Waals surface area contributed by atoms with Gasteiger partial charge in [0.2, 0.25) is 11.8 Å². The van der Waals surface area contributed by atoms with Crippen molar-refractivity contribution in [3.63, 3.8) is 0 Å². The number of carboxylic acid groups (broad SMARTS) is 1. The van der Waals surface area contributed by atoms with Gasteiger partial charge >= 0.3 is 11.9 Å². The zero-order chi connectivity index (χ0) is 20.4. The molecule has 1 aromatic carbocycles. The molecule has 2 aliphatic rings. The lowest BCUT2D eigenvalue weighted by Gasteiger charge is -2.47. The minimum atomic E-state index is -1.15. The highest BCUT2D eigenvalue weighted by Crippen LogP contribution is 2.41. The lowest BCUT2D eigenvalue weighted by molar-refractivity contribution is -0.159. The van der Waals surface area contributed by atoms with Crippen LogP contribution in [-0.2, 0) is 30.3 Å². The highest BCUT2D eigenvalue weighted by atomic mass is 32.2. The molecule has 0 aromatic heterocycles. The van der Waals surface area contributed by atoms with E-state index < -0.39 is 29.8 Å². The van der Waals surface area contributed by atoms with E-state index in [9.17, 15) is 19.2 Å². The molecule has 148 valence electrons. The molecule has 1 aromatic rings. The molecule has 1 fully saturated rings. The van der Waals surface area contributed by atoms with E-state index in [1.165, 1.54) is 22.7 Å². The number of carbonyl (C=O) groups is 4. The van der Waals surface area contributed by atoms with Gasteiger partial charge in [0, 0.05) is 5.75 Å². The summed E-state index contributed by atoms with van der Waals surface area (Å²) in [4.78, 5) is 48.0. The third kappa shape index (κ3) is 3.87. The third-order valence-corrected chi connectivity index (χ3v) is 5.80. The van der Waals surface area contributed by atoms with Crippen molar-refractivity contribution in [2.24, 2.45) is 17.4 Å². The Morgan fingerprint density at radius 3 is 2.79 bits per heavy atom. The van der Waals surface area contributed by atoms with Crippen LogP contribution in [0.3, 0.4) is 0 Å². The Bertz CT molecular complexity index is 871. The molecule has 0 bridgehead atoms. The second kappa shape index (κ2) is 8.03. The lowest BCUT2D eigenvalue weighted by atomic mass is 9.97. The summed E-state index contributed by atoms with van der Waals surface area (Å²) in [5.41, 5.74) is 11.9. The second-order valence-corrected chi connectivity index (χ2v) is 7.57. The zero-order valence-corrected chi connectivity index (χ0v) is 15.6. The van der Waals surface area contributed by atoms with E-state index in [0.717, 1.165) is 0 Å². The summed E-state index contributed by atoms with van der Waals surface area (Å²) >= 11 is 1.43. The van der Waals surface area contributed by atoms with E-state index in [4.69, 9.17) is 21.3 Å². The van der Waals surface area contributed by atoms with Crippen LogP contribution in [0.25, 0.3) is 0 Å². The first-order valence-electron chi connectivity index (χ1n) is 8.47. The van der Waals surface area contributed by atoms with Crippen LogP contribution in [0.15, 0.2) is 36.0 Å². The van der Waals surface area contributed by atoms with Gasteiger partial charge in [0.1, 0.15) is 24.3 Å². The number of fused-ring (bicyclic) bond motifs is 1. The van der Waals surface area contributed by atoms with Gasteiger partial charge in [-0.1, -0.05) is 24.3 Å². The Kier molecular flexibility index (Phi) is 5.71. The highest BCUT2D eigenvalue weighted by molar-refractivity contribution is 8.00. The Hall–Kier alpha value is -2.85. The first kappa shape index (κ1) is 19.9. The van der Waals surface area contributed by atoms with E-state index in [1.807, 2.05) is 0 Å². The largest absolute Gasteiger partial charge is 0.477 e. The number of benzene rings is 1. The fourth-order valence-corrected chi connectivity index (χ4v) is 4.34. The van der Waals surface area contributed by atoms with Gasteiger partial charge in [-0.25, -0.2) is 4.79 Å². The number of ether oxygens (including phenoxy) is 1. The zero-order valence-electron chi connectivity index (χ0n) is 14.7. The summed E-state index contributed by atoms with van der Waals surface area (Å²) in [7, 11) is 0. The molecule has 0 radical (unpaired) electrons. The van der Waals surface area contributed by atoms with Crippen LogP contribution in [0.2, 0.25) is 0 Å². The van der Waals surface area contributed by atoms with Crippen molar-refractivity contribution in [3.8, 4) is 0 Å². The highest BCUT2D eigenvalue weighted by Gasteiger charge is 2.52. The first-order chi connectivity index (χ1) is 13.3. The molecular weight excluding hydrogens is 386 g/mol. The molecule has 3 atom stereocenters. The summed E-state index contributed by atoms with van der Waals surface area (Å²) in [6, 6.07) is 5.63. The van der Waals surface area contributed by atoms with Gasteiger partial charge in [0.15, 0.2) is 0 Å². The summed E-state index contributed by atoms with van der Waals surface area (Å²) < 4.78 is 5.22. The number of rotatable bonds is 7. The quantitative estimate of drug-likeness (QED) is 0.415. The molecule has 0 aliphatic carbocycles. The molecule has 1 saturated heterocycles. The van der Waals surface area contributed by atoms with Gasteiger partial charge < -0.3 is 21.3 Å². The number of primary amides is 1. The van der Waals surface area contributed by atoms with Crippen LogP contribution in [0.1, 0.15) is 17.2 Å². The molecule has 2 aliphatic heterocycles. The Morgan fingerprint density at radius 2 is 2.11 bits per heavy atom. The number of hydrogen-bond acceptors (Lipinski definition) is 7. The van der Waals surface area contributed by atoms with Gasteiger partial charge in [-0.15, -0.1) is 11.8 Å². The number of aliphatic carboxylic acids is 1. The van der Waals surface area contributed by atoms with Crippen molar-refractivity contribution in [1.29, 1.82) is 0 Å². The number of hydrogen-bond donors (Lipinski definition) is 3. The maximum Gasteiger partial charge on any atom is 0.352 e. The smallest absolute Gasteiger partial charge is 0.352 e. The maximum atomic E-state index is 12.2. The minimum absolute atomic E-state index is 0.0288. The number of carbonyl (C=O) groups excluding carboxylic acids is 3. The summed E-state index contributed by atoms with van der Waals surface area (Å²) in [5.74, 6) is -2.81. The van der Waals surface area contributed by atoms with Crippen LogP contribution < -0.4 is 11.5 Å². The van der Waals surface area contributed by atoms with E-state index in [0.29, 0.717) is 16.9 Å². The molecular formula is C18H19N3O6S. The molecule has 28 heavy (non-hydrogen) atoms. The number of nitrogens with two attached hydrogens (primary N) is 2. The van der Waals surface area contributed by atoms with Gasteiger partial charge in [-0.05, 0) is 17.2 Å². The number of amides is 2. The average Bonchev–Trinajstić information content (AvgIpc) is 2.66. The van der Waals surface area contributed by atoms with Gasteiger partial charge in [-0.2, -0.15) is 0 Å². The first-order valence-corrected chi connectivity index (χ1v) is 9.52. The predicted molar refractivity (Wildman–Crippen MR) is 99.5 cm³/mol. The van der Waals surface area contributed by atoms with Crippen LogP contribution >= 0.6 is 11.8 Å². The fraction of sp³-hybridized carbons (Fsp3) is 0.333. The molecule has 5 N–H and O–H groups in total. The van der Waals surface area contributed by atoms with Gasteiger partial charge in [0.05, 0.1) is 11.8 Å². The summed E-state index contributed by atoms with van der Waals surface area (Å²) in [6.07, 6.45) is 1.44. The minimum Gasteiger partial charge on any atom is -0.477 e. The van der Waals surface area contributed by atoms with Crippen molar-refractivity contribution in [1.82, 2.24) is 4.90 Å². The molecule has 1 unspecified atom stereocenters. The Morgan fingerprint density at radius 1 is 1.36 bits per heavy atom. The number of thioether (sulfide) groups is 1. The van der Waals surface area contributed by atoms with Crippen LogP contribution in [0.5, 0.6) is 0 Å². The average molecular weight is 405 g/mol. The van der Waals surface area contributed by atoms with Crippen molar-refractivity contribution in [2.45, 2.75) is 17.8 Å². The SMILES string of the molecule is NC(=O)C(N)c1cccc(CC(=O)OC[C@@H]2C(=O)N3C(C(=O)O)=CCS[C@@H]23)c1. The molecule has 2 heterocycles. The van der Waals surface area contributed by atoms with Gasteiger partial charge in [-0.3, -0.25) is 19.3 Å². The second-order valence-electron chi connectivity index (χ2n) is 6.42. The van der Waals surface area contributed by atoms with Crippen LogP contribution in [0.4, 0.5) is 0 Å². The number of nitrogens with zero attached hydrogens (tertiary/aromatic N) is 1. The monoisotopic (exact) mass is 405 g/mol. The van der Waals surface area contributed by atoms with Crippen LogP contribution in [0, 0.1) is 5.92 Å². The molecule has 0 spiro atoms. The number of carboxylic acids is 1. The predicted octanol–water partition coefficient (Wildman–Crippen LogP) is -0.243. The summed E-state index contributed by atoms with van der Waals surface area (Å²) in [6.45, 7) is -0.112.